The van der Waals surface area contributed by atoms with Crippen LogP contribution in [0.2, 0.25) is 0 Å². The third-order valence-electron chi connectivity index (χ3n) is 4.78. The predicted molar refractivity (Wildman–Crippen MR) is 116 cm³/mol. The Labute approximate surface area is 171 Å². The van der Waals surface area contributed by atoms with Gasteiger partial charge in [-0.2, -0.15) is 0 Å². The summed E-state index contributed by atoms with van der Waals surface area (Å²) < 4.78 is 38.8. The number of rotatable bonds is 8. The Bertz CT molecular complexity index is 1120. The molecule has 0 saturated carbocycles. The van der Waals surface area contributed by atoms with E-state index in [0.717, 1.165) is 17.5 Å². The molecular formula is C21H27N3O4S. The van der Waals surface area contributed by atoms with Crippen LogP contribution in [0.5, 0.6) is 11.5 Å². The fourth-order valence-corrected chi connectivity index (χ4v) is 4.63. The van der Waals surface area contributed by atoms with Crippen molar-refractivity contribution in [2.24, 2.45) is 0 Å². The lowest BCUT2D eigenvalue weighted by Crippen LogP contribution is -2.21. The molecular weight excluding hydrogens is 390 g/mol. The van der Waals surface area contributed by atoms with Gasteiger partial charge in [-0.05, 0) is 63.0 Å². The van der Waals surface area contributed by atoms with Crippen LogP contribution in [0.3, 0.4) is 0 Å². The number of nitrogens with zero attached hydrogens (tertiary/aromatic N) is 2. The van der Waals surface area contributed by atoms with Gasteiger partial charge in [0.15, 0.2) is 0 Å². The maximum atomic E-state index is 13.4. The summed E-state index contributed by atoms with van der Waals surface area (Å²) >= 11 is 0. The van der Waals surface area contributed by atoms with E-state index in [9.17, 15) is 8.42 Å². The van der Waals surface area contributed by atoms with Crippen LogP contribution in [0.25, 0.3) is 10.9 Å². The maximum Gasteiger partial charge on any atom is 0.268 e. The maximum absolute atomic E-state index is 13.4. The zero-order valence-electron chi connectivity index (χ0n) is 17.4. The minimum absolute atomic E-state index is 0.193. The number of aromatic nitrogens is 1. The lowest BCUT2D eigenvalue weighted by atomic mass is 10.2. The smallest absolute Gasteiger partial charge is 0.268 e. The normalized spacial score (nSPS) is 11.8. The standard InChI is InChI=1S/C21H27N3O4S/c1-15-14-24(20-8-6-16(27-4)12-18(15)20)29(25,26)17-7-9-21(28-5)19(13-17)22-10-11-23(2)3/h6-9,12-14,22H,10-11H2,1-5H3. The van der Waals surface area contributed by atoms with Crippen LogP contribution in [-0.4, -0.2) is 58.7 Å². The summed E-state index contributed by atoms with van der Waals surface area (Å²) in [4.78, 5) is 2.24. The van der Waals surface area contributed by atoms with Gasteiger partial charge in [0.2, 0.25) is 0 Å². The highest BCUT2D eigenvalue weighted by atomic mass is 32.2. The van der Waals surface area contributed by atoms with Gasteiger partial charge >= 0.3 is 0 Å². The summed E-state index contributed by atoms with van der Waals surface area (Å²) in [5.41, 5.74) is 2.12. The second-order valence-corrected chi connectivity index (χ2v) is 8.90. The van der Waals surface area contributed by atoms with Gasteiger partial charge in [0.25, 0.3) is 10.0 Å². The molecule has 0 atom stereocenters. The molecule has 3 rings (SSSR count). The molecule has 0 amide bonds. The monoisotopic (exact) mass is 417 g/mol. The number of aryl methyl sites for hydroxylation is 1. The summed E-state index contributed by atoms with van der Waals surface area (Å²) in [5.74, 6) is 1.29. The Hall–Kier alpha value is -2.71. The third kappa shape index (κ3) is 4.18. The zero-order valence-corrected chi connectivity index (χ0v) is 18.2. The number of methoxy groups -OCH3 is 2. The molecule has 0 bridgehead atoms. The van der Waals surface area contributed by atoms with Crippen LogP contribution in [0.1, 0.15) is 5.56 Å². The topological polar surface area (TPSA) is 72.8 Å². The van der Waals surface area contributed by atoms with Crippen LogP contribution in [0, 0.1) is 6.92 Å². The van der Waals surface area contributed by atoms with Gasteiger partial charge in [-0.25, -0.2) is 12.4 Å². The quantitative estimate of drug-likeness (QED) is 0.607. The van der Waals surface area contributed by atoms with Crippen molar-refractivity contribution in [2.45, 2.75) is 11.8 Å². The molecule has 0 aliphatic heterocycles. The highest BCUT2D eigenvalue weighted by molar-refractivity contribution is 7.90. The van der Waals surface area contributed by atoms with E-state index in [2.05, 4.69) is 5.32 Å². The van der Waals surface area contributed by atoms with Crippen LogP contribution in [0.4, 0.5) is 5.69 Å². The molecule has 0 fully saturated rings. The van der Waals surface area contributed by atoms with Crippen LogP contribution in [0.15, 0.2) is 47.5 Å². The Morgan fingerprint density at radius 2 is 1.83 bits per heavy atom. The fraction of sp³-hybridized carbons (Fsp3) is 0.333. The molecule has 1 heterocycles. The number of anilines is 1. The summed E-state index contributed by atoms with van der Waals surface area (Å²) in [6.45, 7) is 3.36. The van der Waals surface area contributed by atoms with Crippen molar-refractivity contribution in [2.75, 3.05) is 46.7 Å². The first-order valence-corrected chi connectivity index (χ1v) is 10.7. The van der Waals surface area contributed by atoms with Crippen molar-refractivity contribution in [3.8, 4) is 11.5 Å². The van der Waals surface area contributed by atoms with Gasteiger partial charge in [0.05, 0.1) is 30.3 Å². The molecule has 29 heavy (non-hydrogen) atoms. The van der Waals surface area contributed by atoms with Crippen LogP contribution < -0.4 is 14.8 Å². The van der Waals surface area contributed by atoms with Crippen molar-refractivity contribution in [1.29, 1.82) is 0 Å². The molecule has 156 valence electrons. The third-order valence-corrected chi connectivity index (χ3v) is 6.45. The summed E-state index contributed by atoms with van der Waals surface area (Å²) in [6, 6.07) is 10.2. The summed E-state index contributed by atoms with van der Waals surface area (Å²) in [6.07, 6.45) is 1.64. The first-order valence-electron chi connectivity index (χ1n) is 9.26. The van der Waals surface area contributed by atoms with E-state index in [-0.39, 0.29) is 4.90 Å². The Morgan fingerprint density at radius 1 is 1.07 bits per heavy atom. The number of benzene rings is 2. The molecule has 1 aromatic heterocycles. The number of ether oxygens (including phenoxy) is 2. The van der Waals surface area contributed by atoms with Gasteiger partial charge in [0, 0.05) is 24.7 Å². The van der Waals surface area contributed by atoms with E-state index < -0.39 is 10.0 Å². The van der Waals surface area contributed by atoms with E-state index in [1.165, 1.54) is 3.97 Å². The molecule has 3 aromatic rings. The minimum atomic E-state index is -3.78. The molecule has 0 aliphatic rings. The molecule has 0 radical (unpaired) electrons. The Morgan fingerprint density at radius 3 is 2.48 bits per heavy atom. The summed E-state index contributed by atoms with van der Waals surface area (Å²) in [5, 5.41) is 4.10. The van der Waals surface area contributed by atoms with Crippen molar-refractivity contribution < 1.29 is 17.9 Å². The first kappa shape index (κ1) is 21.0. The highest BCUT2D eigenvalue weighted by Crippen LogP contribution is 2.32. The molecule has 0 spiro atoms. The van der Waals surface area contributed by atoms with Gasteiger partial charge in [-0.3, -0.25) is 0 Å². The van der Waals surface area contributed by atoms with E-state index in [1.807, 2.05) is 32.0 Å². The van der Waals surface area contributed by atoms with Crippen molar-refractivity contribution in [1.82, 2.24) is 8.87 Å². The van der Waals surface area contributed by atoms with Gasteiger partial charge in [-0.1, -0.05) is 0 Å². The Balaban J connectivity index is 2.04. The SMILES string of the molecule is COc1ccc2c(c1)c(C)cn2S(=O)(=O)c1ccc(OC)c(NCCN(C)C)c1. The van der Waals surface area contributed by atoms with Crippen molar-refractivity contribution in [3.05, 3.63) is 48.2 Å². The molecule has 0 unspecified atom stereocenters. The minimum Gasteiger partial charge on any atom is -0.497 e. The van der Waals surface area contributed by atoms with Gasteiger partial charge < -0.3 is 19.7 Å². The van der Waals surface area contributed by atoms with Crippen molar-refractivity contribution in [3.63, 3.8) is 0 Å². The molecule has 0 aliphatic carbocycles. The van der Waals surface area contributed by atoms with E-state index in [0.29, 0.717) is 29.2 Å². The first-order chi connectivity index (χ1) is 13.8. The molecule has 0 saturated heterocycles. The second-order valence-electron chi connectivity index (χ2n) is 7.09. The molecule has 1 N–H and O–H groups in total. The Kier molecular flexibility index (Phi) is 6.04. The van der Waals surface area contributed by atoms with Crippen molar-refractivity contribution >= 4 is 26.6 Å². The average Bonchev–Trinajstić information content (AvgIpc) is 3.04. The van der Waals surface area contributed by atoms with Crippen LogP contribution in [-0.2, 0) is 10.0 Å². The number of likely N-dealkylation sites (N-methyl/N-ethyl adjacent to an activating group) is 1. The number of nitrogens with one attached hydrogen (secondary N) is 1. The predicted octanol–water partition coefficient (Wildman–Crippen LogP) is 3.18. The number of hydrogen-bond acceptors (Lipinski definition) is 6. The van der Waals surface area contributed by atoms with Gasteiger partial charge in [0.1, 0.15) is 11.5 Å². The highest BCUT2D eigenvalue weighted by Gasteiger charge is 2.22. The second kappa shape index (κ2) is 8.34. The lowest BCUT2D eigenvalue weighted by molar-refractivity contribution is 0.412. The average molecular weight is 418 g/mol. The molecule has 2 aromatic carbocycles. The molecule has 7 nitrogen and oxygen atoms in total. The number of hydrogen-bond donors (Lipinski definition) is 1. The zero-order chi connectivity index (χ0) is 21.2. The fourth-order valence-electron chi connectivity index (χ4n) is 3.18. The lowest BCUT2D eigenvalue weighted by Gasteiger charge is -2.16. The van der Waals surface area contributed by atoms with E-state index in [1.54, 1.807) is 50.7 Å². The summed E-state index contributed by atoms with van der Waals surface area (Å²) in [7, 11) is 3.33. The van der Waals surface area contributed by atoms with Gasteiger partial charge in [-0.15, -0.1) is 0 Å². The molecule has 8 heteroatoms. The van der Waals surface area contributed by atoms with E-state index in [4.69, 9.17) is 9.47 Å². The largest absolute Gasteiger partial charge is 0.497 e. The van der Waals surface area contributed by atoms with Crippen LogP contribution >= 0.6 is 0 Å². The number of fused-ring (bicyclic) bond motifs is 1. The van der Waals surface area contributed by atoms with E-state index >= 15 is 0 Å².